The molecule has 0 amide bonds. The molecule has 4 aliphatic carbocycles. The third kappa shape index (κ3) is 3.64. The monoisotopic (exact) mass is 483 g/mol. The van der Waals surface area contributed by atoms with Gasteiger partial charge in [-0.15, -0.1) is 0 Å². The van der Waals surface area contributed by atoms with Gasteiger partial charge in [-0.3, -0.25) is 10.1 Å². The van der Waals surface area contributed by atoms with E-state index in [1.807, 2.05) is 12.1 Å². The van der Waals surface area contributed by atoms with E-state index in [0.717, 1.165) is 24.0 Å². The summed E-state index contributed by atoms with van der Waals surface area (Å²) in [5, 5.41) is 11.8. The highest BCUT2D eigenvalue weighted by atomic mass is 16.6. The van der Waals surface area contributed by atoms with Crippen molar-refractivity contribution in [3.63, 3.8) is 0 Å². The number of hydrogen-bond donors (Lipinski definition) is 0. The maximum Gasteiger partial charge on any atom is 0.276 e. The molecule has 6 atom stereocenters. The van der Waals surface area contributed by atoms with Crippen molar-refractivity contribution in [2.75, 3.05) is 0 Å². The Labute approximate surface area is 217 Å². The fraction of sp³-hybridized carbons (Fsp3) is 0.235. The lowest BCUT2D eigenvalue weighted by molar-refractivity contribution is -0.385. The Hall–Kier alpha value is -3.98. The SMILES string of the molecule is O=[N+]([O-])c1ccccc1C1=CC2C=CC3=C(c4ccccc4)CC(c4ccccc4)C4C=CC(C1)C2C34. The molecule has 0 radical (unpaired) electrons. The third-order valence-corrected chi connectivity index (χ3v) is 9.09. The van der Waals surface area contributed by atoms with E-state index in [1.165, 1.54) is 22.3 Å². The molecule has 3 aromatic rings. The minimum absolute atomic E-state index is 0.207. The zero-order valence-corrected chi connectivity index (χ0v) is 20.6. The molecule has 0 saturated heterocycles. The quantitative estimate of drug-likeness (QED) is 0.213. The van der Waals surface area contributed by atoms with Gasteiger partial charge in [0.05, 0.1) is 10.5 Å². The van der Waals surface area contributed by atoms with E-state index in [-0.39, 0.29) is 16.5 Å². The van der Waals surface area contributed by atoms with Gasteiger partial charge in [0, 0.05) is 6.07 Å². The van der Waals surface area contributed by atoms with Crippen molar-refractivity contribution >= 4 is 16.8 Å². The van der Waals surface area contributed by atoms with Crippen LogP contribution in [0.25, 0.3) is 11.1 Å². The lowest BCUT2D eigenvalue weighted by Crippen LogP contribution is -2.44. The first-order valence-corrected chi connectivity index (χ1v) is 13.3. The van der Waals surface area contributed by atoms with Gasteiger partial charge in [-0.25, -0.2) is 0 Å². The number of nitro benzene ring substituents is 1. The van der Waals surface area contributed by atoms with Crippen LogP contribution in [0, 0.1) is 39.7 Å². The average molecular weight is 484 g/mol. The summed E-state index contributed by atoms with van der Waals surface area (Å²) in [5.74, 6) is 2.47. The number of rotatable bonds is 4. The molecule has 0 spiro atoms. The third-order valence-electron chi connectivity index (χ3n) is 9.09. The van der Waals surface area contributed by atoms with Crippen LogP contribution < -0.4 is 0 Å². The molecular formula is C34H29NO2. The lowest BCUT2D eigenvalue weighted by atomic mass is 9.51. The average Bonchev–Trinajstić information content (AvgIpc) is 2.96. The Morgan fingerprint density at radius 1 is 0.784 bits per heavy atom. The molecule has 0 aliphatic heterocycles. The molecule has 3 nitrogen and oxygen atoms in total. The first-order chi connectivity index (χ1) is 18.2. The van der Waals surface area contributed by atoms with Crippen LogP contribution in [0.3, 0.4) is 0 Å². The van der Waals surface area contributed by atoms with Crippen molar-refractivity contribution in [1.82, 2.24) is 0 Å². The second-order valence-corrected chi connectivity index (χ2v) is 10.9. The maximum atomic E-state index is 11.8. The highest BCUT2D eigenvalue weighted by Crippen LogP contribution is 2.60. The molecule has 6 unspecified atom stereocenters. The molecule has 0 N–H and O–H groups in total. The number of nitrogens with zero attached hydrogens (tertiary/aromatic N) is 1. The van der Waals surface area contributed by atoms with Crippen molar-refractivity contribution in [3.05, 3.63) is 148 Å². The Morgan fingerprint density at radius 2 is 1.51 bits per heavy atom. The second kappa shape index (κ2) is 8.85. The van der Waals surface area contributed by atoms with Crippen molar-refractivity contribution in [2.24, 2.45) is 29.6 Å². The molecule has 7 rings (SSSR count). The van der Waals surface area contributed by atoms with Crippen LogP contribution in [-0.2, 0) is 0 Å². The minimum Gasteiger partial charge on any atom is -0.258 e. The largest absolute Gasteiger partial charge is 0.276 e. The molecule has 37 heavy (non-hydrogen) atoms. The zero-order chi connectivity index (χ0) is 24.9. The number of nitro groups is 1. The van der Waals surface area contributed by atoms with Gasteiger partial charge in [-0.05, 0) is 82.3 Å². The van der Waals surface area contributed by atoms with E-state index in [1.54, 1.807) is 12.1 Å². The van der Waals surface area contributed by atoms with Gasteiger partial charge in [0.2, 0.25) is 0 Å². The minimum atomic E-state index is -0.246. The van der Waals surface area contributed by atoms with Crippen LogP contribution in [0.15, 0.2) is 121 Å². The summed E-state index contributed by atoms with van der Waals surface area (Å²) in [5.41, 5.74) is 7.82. The standard InChI is InChI=1S/C34H29NO2/c36-35(37)32-14-8-7-13-27(32)26-19-24-15-17-28-30(22-9-3-1-4-10-22)21-31(23-11-5-2-6-12-23)29-18-16-25(20-26)33(24)34(28)29/h1-19,24-25,29,31,33-34H,20-21H2. The normalized spacial score (nSPS) is 29.5. The summed E-state index contributed by atoms with van der Waals surface area (Å²) in [4.78, 5) is 11.5. The van der Waals surface area contributed by atoms with Gasteiger partial charge in [0.25, 0.3) is 5.69 Å². The van der Waals surface area contributed by atoms with Crippen LogP contribution in [0.4, 0.5) is 5.69 Å². The Balaban J connectivity index is 1.38. The number of allylic oxidation sites excluding steroid dienone is 8. The van der Waals surface area contributed by atoms with E-state index in [2.05, 4.69) is 91.0 Å². The van der Waals surface area contributed by atoms with Gasteiger partial charge >= 0.3 is 0 Å². The number of hydrogen-bond acceptors (Lipinski definition) is 2. The summed E-state index contributed by atoms with van der Waals surface area (Å²) in [7, 11) is 0. The maximum absolute atomic E-state index is 11.8. The molecule has 0 heterocycles. The number of benzene rings is 3. The van der Waals surface area contributed by atoms with Crippen molar-refractivity contribution in [2.45, 2.75) is 18.8 Å². The Kier molecular flexibility index (Phi) is 5.32. The molecule has 0 saturated carbocycles. The molecule has 0 bridgehead atoms. The fourth-order valence-electron chi connectivity index (χ4n) is 7.59. The van der Waals surface area contributed by atoms with E-state index < -0.39 is 0 Å². The van der Waals surface area contributed by atoms with Crippen LogP contribution >= 0.6 is 0 Å². The van der Waals surface area contributed by atoms with Gasteiger partial charge in [0.15, 0.2) is 0 Å². The van der Waals surface area contributed by atoms with Crippen LogP contribution in [-0.4, -0.2) is 4.92 Å². The number of para-hydroxylation sites is 1. The molecule has 182 valence electrons. The van der Waals surface area contributed by atoms with Crippen molar-refractivity contribution in [3.8, 4) is 0 Å². The van der Waals surface area contributed by atoms with E-state index in [0.29, 0.717) is 29.6 Å². The molecule has 3 aromatic carbocycles. The molecule has 0 fully saturated rings. The van der Waals surface area contributed by atoms with Crippen LogP contribution in [0.5, 0.6) is 0 Å². The van der Waals surface area contributed by atoms with Gasteiger partial charge in [-0.2, -0.15) is 0 Å². The predicted molar refractivity (Wildman–Crippen MR) is 149 cm³/mol. The van der Waals surface area contributed by atoms with Gasteiger partial charge < -0.3 is 0 Å². The molecular weight excluding hydrogens is 454 g/mol. The second-order valence-electron chi connectivity index (χ2n) is 10.9. The highest BCUT2D eigenvalue weighted by Gasteiger charge is 2.50. The molecule has 3 heteroatoms. The zero-order valence-electron chi connectivity index (χ0n) is 20.6. The molecule has 4 aliphatic rings. The van der Waals surface area contributed by atoms with Crippen LogP contribution in [0.2, 0.25) is 0 Å². The summed E-state index contributed by atoms with van der Waals surface area (Å²) < 4.78 is 0. The van der Waals surface area contributed by atoms with Crippen LogP contribution in [0.1, 0.15) is 35.4 Å². The van der Waals surface area contributed by atoms with E-state index >= 15 is 0 Å². The lowest BCUT2D eigenvalue weighted by Gasteiger charge is -2.52. The summed E-state index contributed by atoms with van der Waals surface area (Å²) in [6.07, 6.45) is 13.9. The Bertz CT molecular complexity index is 1480. The summed E-state index contributed by atoms with van der Waals surface area (Å²) in [6, 6.07) is 29.1. The summed E-state index contributed by atoms with van der Waals surface area (Å²) in [6.45, 7) is 0. The topological polar surface area (TPSA) is 43.1 Å². The Morgan fingerprint density at radius 3 is 2.30 bits per heavy atom. The fourth-order valence-corrected chi connectivity index (χ4v) is 7.59. The van der Waals surface area contributed by atoms with Gasteiger partial charge in [-0.1, -0.05) is 103 Å². The van der Waals surface area contributed by atoms with Crippen molar-refractivity contribution < 1.29 is 4.92 Å². The van der Waals surface area contributed by atoms with E-state index in [9.17, 15) is 10.1 Å². The smallest absolute Gasteiger partial charge is 0.258 e. The first-order valence-electron chi connectivity index (χ1n) is 13.3. The highest BCUT2D eigenvalue weighted by molar-refractivity contribution is 5.77. The summed E-state index contributed by atoms with van der Waals surface area (Å²) >= 11 is 0. The molecule has 0 aromatic heterocycles. The predicted octanol–water partition coefficient (Wildman–Crippen LogP) is 8.24. The van der Waals surface area contributed by atoms with Crippen molar-refractivity contribution in [1.29, 1.82) is 0 Å². The van der Waals surface area contributed by atoms with E-state index in [4.69, 9.17) is 0 Å². The van der Waals surface area contributed by atoms with Gasteiger partial charge in [0.1, 0.15) is 0 Å². The first kappa shape index (κ1) is 22.2.